The third-order valence-electron chi connectivity index (χ3n) is 3.37. The molecule has 0 heterocycles. The van der Waals surface area contributed by atoms with Gasteiger partial charge in [0.05, 0.1) is 0 Å². The van der Waals surface area contributed by atoms with Crippen molar-refractivity contribution in [3.05, 3.63) is 91.0 Å². The maximum atomic E-state index is 13.7. The molecule has 0 saturated heterocycles. The van der Waals surface area contributed by atoms with E-state index in [2.05, 4.69) is 3.37 Å². The first-order valence-corrected chi connectivity index (χ1v) is 11.8. The summed E-state index contributed by atoms with van der Waals surface area (Å²) >= 11 is -4.26. The zero-order chi connectivity index (χ0) is 17.0. The Hall–Kier alpha value is -2.27. The zero-order valence-electron chi connectivity index (χ0n) is 12.6. The Kier molecular flexibility index (Phi) is 4.62. The first-order chi connectivity index (χ1) is 11.5. The molecule has 24 heavy (non-hydrogen) atoms. The van der Waals surface area contributed by atoms with Crippen molar-refractivity contribution in [1.29, 1.82) is 0 Å². The van der Waals surface area contributed by atoms with E-state index in [0.717, 1.165) is 0 Å². The van der Waals surface area contributed by atoms with Crippen LogP contribution in [0.25, 0.3) is 0 Å². The first-order valence-electron chi connectivity index (χ1n) is 7.21. The number of nitrogens with zero attached hydrogens (tertiary/aromatic N) is 1. The topological polar surface area (TPSA) is 63.6 Å². The van der Waals surface area contributed by atoms with Gasteiger partial charge in [0, 0.05) is 0 Å². The van der Waals surface area contributed by atoms with Crippen molar-refractivity contribution < 1.29 is 12.3 Å². The summed E-state index contributed by atoms with van der Waals surface area (Å²) in [5, 5.41) is 0. The molecule has 0 aliphatic carbocycles. The van der Waals surface area contributed by atoms with E-state index in [1.165, 1.54) is 12.1 Å². The van der Waals surface area contributed by atoms with Crippen molar-refractivity contribution in [3.63, 3.8) is 0 Å². The van der Waals surface area contributed by atoms with Crippen LogP contribution in [0.2, 0.25) is 0 Å². The number of sulfonamides is 1. The van der Waals surface area contributed by atoms with E-state index < -0.39 is 22.6 Å². The van der Waals surface area contributed by atoms with Gasteiger partial charge in [-0.25, -0.2) is 0 Å². The predicted molar refractivity (Wildman–Crippen MR) is 94.6 cm³/mol. The van der Waals surface area contributed by atoms with Crippen molar-refractivity contribution in [2.24, 2.45) is 3.37 Å². The van der Waals surface area contributed by atoms with E-state index in [1.807, 2.05) is 0 Å². The van der Waals surface area contributed by atoms with Gasteiger partial charge in [0.25, 0.3) is 0 Å². The van der Waals surface area contributed by atoms with E-state index >= 15 is 0 Å². The Labute approximate surface area is 143 Å². The summed E-state index contributed by atoms with van der Waals surface area (Å²) < 4.78 is 43.8. The summed E-state index contributed by atoms with van der Waals surface area (Å²) in [5.74, 6) is 0. The average molecular weight is 404 g/mol. The van der Waals surface area contributed by atoms with Crippen LogP contribution in [-0.2, 0) is 13.9 Å². The van der Waals surface area contributed by atoms with Gasteiger partial charge >= 0.3 is 143 Å². The number of benzene rings is 3. The maximum absolute atomic E-state index is 13.7. The molecule has 122 valence electrons. The van der Waals surface area contributed by atoms with Gasteiger partial charge in [-0.05, 0) is 0 Å². The number of hydrogen-bond donors (Lipinski definition) is 0. The second-order valence-corrected chi connectivity index (χ2v) is 11.7. The normalized spacial score (nSPS) is 11.8. The second kappa shape index (κ2) is 6.69. The fraction of sp³-hybridized carbons (Fsp3) is 0. The van der Waals surface area contributed by atoms with Gasteiger partial charge in [0.2, 0.25) is 0 Å². The van der Waals surface area contributed by atoms with Crippen molar-refractivity contribution in [2.45, 2.75) is 4.90 Å². The van der Waals surface area contributed by atoms with Crippen LogP contribution in [0.1, 0.15) is 0 Å². The molecule has 0 radical (unpaired) electrons. The van der Waals surface area contributed by atoms with Crippen LogP contribution in [0.3, 0.4) is 0 Å². The minimum absolute atomic E-state index is 0.0364. The van der Waals surface area contributed by atoms with Gasteiger partial charge in [-0.3, -0.25) is 0 Å². The molecule has 0 unspecified atom stereocenters. The molecule has 0 aromatic heterocycles. The van der Waals surface area contributed by atoms with Crippen LogP contribution in [0, 0.1) is 0 Å². The van der Waals surface area contributed by atoms with Crippen LogP contribution < -0.4 is 8.92 Å². The molecule has 3 aromatic rings. The number of rotatable bonds is 4. The monoisotopic (exact) mass is 405 g/mol. The molecule has 0 bridgehead atoms. The Bertz CT molecular complexity index is 996. The molecule has 4 nitrogen and oxygen atoms in total. The Morgan fingerprint density at radius 3 is 1.42 bits per heavy atom. The predicted octanol–water partition coefficient (Wildman–Crippen LogP) is 2.33. The van der Waals surface area contributed by atoms with E-state index in [-0.39, 0.29) is 4.90 Å². The van der Waals surface area contributed by atoms with Crippen LogP contribution in [-0.4, -0.2) is 21.0 Å². The quantitative estimate of drug-likeness (QED) is 0.627. The molecule has 3 rings (SSSR count). The molecule has 0 atom stereocenters. The molecule has 0 spiro atoms. The third kappa shape index (κ3) is 3.31. The van der Waals surface area contributed by atoms with E-state index in [4.69, 9.17) is 0 Å². The summed E-state index contributed by atoms with van der Waals surface area (Å²) in [4.78, 5) is 0.0364. The molecule has 6 heteroatoms. The van der Waals surface area contributed by atoms with E-state index in [9.17, 15) is 12.3 Å². The molecule has 0 N–H and O–H groups in total. The summed E-state index contributed by atoms with van der Waals surface area (Å²) in [5.41, 5.74) is 0. The number of hydrogen-bond acceptors (Lipinski definition) is 3. The summed E-state index contributed by atoms with van der Waals surface area (Å²) in [7, 11) is -4.03. The van der Waals surface area contributed by atoms with Crippen molar-refractivity contribution >= 4 is 31.5 Å². The summed E-state index contributed by atoms with van der Waals surface area (Å²) in [6.45, 7) is 0. The molecule has 0 aliphatic heterocycles. The van der Waals surface area contributed by atoms with Gasteiger partial charge in [0.15, 0.2) is 0 Å². The van der Waals surface area contributed by atoms with Gasteiger partial charge in [0.1, 0.15) is 0 Å². The average Bonchev–Trinajstić information content (AvgIpc) is 2.63. The van der Waals surface area contributed by atoms with E-state index in [1.54, 1.807) is 78.9 Å². The fourth-order valence-electron chi connectivity index (χ4n) is 2.21. The van der Waals surface area contributed by atoms with Crippen LogP contribution >= 0.6 is 0 Å². The standard InChI is InChI=1S/C18H15NO3SSe/c20-23(21,16-10-4-1-5-11-16)19-24(22,17-12-6-2-7-13-17)18-14-8-3-9-15-18/h1-15H. The zero-order valence-corrected chi connectivity index (χ0v) is 15.2. The molecule has 0 amide bonds. The SMILES string of the molecule is O=S(=O)(N=[Se](=O)(c1ccccc1)c1ccccc1)c1ccccc1. The molecular weight excluding hydrogens is 389 g/mol. The van der Waals surface area contributed by atoms with Crippen LogP contribution in [0.15, 0.2) is 99.3 Å². The summed E-state index contributed by atoms with van der Waals surface area (Å²) in [6.07, 6.45) is 0. The molecular formula is C18H15NO3SSe. The Morgan fingerprint density at radius 2 is 1.00 bits per heavy atom. The third-order valence-corrected chi connectivity index (χ3v) is 11.0. The van der Waals surface area contributed by atoms with Gasteiger partial charge in [-0.2, -0.15) is 0 Å². The molecule has 0 aliphatic rings. The Morgan fingerprint density at radius 1 is 0.625 bits per heavy atom. The molecule has 0 fully saturated rings. The molecule has 3 aromatic carbocycles. The van der Waals surface area contributed by atoms with Crippen molar-refractivity contribution in [3.8, 4) is 0 Å². The minimum atomic E-state index is -4.26. The van der Waals surface area contributed by atoms with Gasteiger partial charge < -0.3 is 0 Å². The van der Waals surface area contributed by atoms with Crippen molar-refractivity contribution in [1.82, 2.24) is 0 Å². The molecule has 0 saturated carbocycles. The van der Waals surface area contributed by atoms with Crippen LogP contribution in [0.4, 0.5) is 0 Å². The van der Waals surface area contributed by atoms with Gasteiger partial charge in [-0.1, -0.05) is 0 Å². The summed E-state index contributed by atoms with van der Waals surface area (Å²) in [6, 6.07) is 25.0. The van der Waals surface area contributed by atoms with Crippen LogP contribution in [0.5, 0.6) is 0 Å². The Balaban J connectivity index is 2.30. The van der Waals surface area contributed by atoms with Crippen molar-refractivity contribution in [2.75, 3.05) is 0 Å². The van der Waals surface area contributed by atoms with Gasteiger partial charge in [-0.15, -0.1) is 0 Å². The van der Waals surface area contributed by atoms with E-state index in [0.29, 0.717) is 8.92 Å². The first kappa shape index (κ1) is 16.6. The fourth-order valence-corrected chi connectivity index (χ4v) is 9.38. The second-order valence-electron chi connectivity index (χ2n) is 5.01.